The molecule has 0 unspecified atom stereocenters. The number of sulfonamides is 1. The van der Waals surface area contributed by atoms with Gasteiger partial charge in [-0.05, 0) is 12.1 Å². The van der Waals surface area contributed by atoms with Gasteiger partial charge in [0.25, 0.3) is 0 Å². The molecule has 0 saturated carbocycles. The van der Waals surface area contributed by atoms with Crippen molar-refractivity contribution in [2.24, 2.45) is 4.99 Å². The monoisotopic (exact) mass is 242 g/mol. The van der Waals surface area contributed by atoms with E-state index >= 15 is 0 Å². The molecule has 86 valence electrons. The molecule has 0 saturated heterocycles. The summed E-state index contributed by atoms with van der Waals surface area (Å²) >= 11 is 0. The summed E-state index contributed by atoms with van der Waals surface area (Å²) in [4.78, 5) is 13.6. The average Bonchev–Trinajstić information content (AvgIpc) is 2.19. The number of isocyanates is 1. The molecule has 1 N–H and O–H groups in total. The Morgan fingerprint density at radius 1 is 1.44 bits per heavy atom. The van der Waals surface area contributed by atoms with Crippen LogP contribution in [0.2, 0.25) is 0 Å². The van der Waals surface area contributed by atoms with Gasteiger partial charge < -0.3 is 4.74 Å². The van der Waals surface area contributed by atoms with E-state index in [1.165, 1.54) is 25.3 Å². The molecule has 1 rings (SSSR count). The van der Waals surface area contributed by atoms with Crippen LogP contribution in [0.5, 0.6) is 5.75 Å². The topological polar surface area (TPSA) is 84.8 Å². The Bertz CT molecular complexity index is 532. The molecule has 0 aliphatic carbocycles. The number of aliphatic imine (C=N–C) groups is 1. The Balaban J connectivity index is 3.23. The lowest BCUT2D eigenvalue weighted by molar-refractivity contribution is 0.415. The van der Waals surface area contributed by atoms with Gasteiger partial charge in [0.05, 0.1) is 19.1 Å². The first-order valence-electron chi connectivity index (χ1n) is 4.20. The lowest BCUT2D eigenvalue weighted by atomic mass is 10.2. The number of ether oxygens (including phenoxy) is 1. The third-order valence-corrected chi connectivity index (χ3v) is 2.26. The van der Waals surface area contributed by atoms with Crippen LogP contribution in [0.3, 0.4) is 0 Å². The van der Waals surface area contributed by atoms with E-state index in [1.54, 1.807) is 6.07 Å². The predicted octanol–water partition coefficient (Wildman–Crippen LogP) is 1.03. The summed E-state index contributed by atoms with van der Waals surface area (Å²) < 4.78 is 29.2. The molecule has 0 spiro atoms. The molecule has 0 aliphatic rings. The molecular weight excluding hydrogens is 232 g/mol. The minimum Gasteiger partial charge on any atom is -0.497 e. The highest BCUT2D eigenvalue weighted by Crippen LogP contribution is 2.29. The molecule has 0 aromatic heterocycles. The van der Waals surface area contributed by atoms with Gasteiger partial charge in [-0.2, -0.15) is 4.99 Å². The molecule has 6 nitrogen and oxygen atoms in total. The van der Waals surface area contributed by atoms with Crippen molar-refractivity contribution >= 4 is 27.5 Å². The van der Waals surface area contributed by atoms with Crippen LogP contribution in [0.15, 0.2) is 23.2 Å². The van der Waals surface area contributed by atoms with Crippen molar-refractivity contribution < 1.29 is 17.9 Å². The van der Waals surface area contributed by atoms with Gasteiger partial charge >= 0.3 is 0 Å². The van der Waals surface area contributed by atoms with Gasteiger partial charge in [0.1, 0.15) is 11.4 Å². The van der Waals surface area contributed by atoms with Crippen LogP contribution in [-0.2, 0) is 14.8 Å². The van der Waals surface area contributed by atoms with E-state index in [9.17, 15) is 13.2 Å². The minimum atomic E-state index is -3.42. The van der Waals surface area contributed by atoms with Crippen LogP contribution in [0.1, 0.15) is 0 Å². The highest BCUT2D eigenvalue weighted by molar-refractivity contribution is 7.92. The van der Waals surface area contributed by atoms with E-state index in [0.717, 1.165) is 6.26 Å². The smallest absolute Gasteiger partial charge is 0.240 e. The van der Waals surface area contributed by atoms with Crippen LogP contribution < -0.4 is 9.46 Å². The zero-order chi connectivity index (χ0) is 12.2. The van der Waals surface area contributed by atoms with E-state index in [4.69, 9.17) is 4.74 Å². The number of benzene rings is 1. The lowest BCUT2D eigenvalue weighted by Crippen LogP contribution is -2.09. The van der Waals surface area contributed by atoms with Crippen LogP contribution in [0.25, 0.3) is 0 Å². The lowest BCUT2D eigenvalue weighted by Gasteiger charge is -2.07. The van der Waals surface area contributed by atoms with Crippen LogP contribution in [0.4, 0.5) is 11.4 Å². The maximum absolute atomic E-state index is 11.0. The molecule has 0 heterocycles. The Hall–Kier alpha value is -1.85. The summed E-state index contributed by atoms with van der Waals surface area (Å²) in [5.74, 6) is 0.466. The second-order valence-corrected chi connectivity index (χ2v) is 4.71. The van der Waals surface area contributed by atoms with E-state index in [1.807, 2.05) is 0 Å². The highest BCUT2D eigenvalue weighted by Gasteiger charge is 2.08. The quantitative estimate of drug-likeness (QED) is 0.631. The number of methoxy groups -OCH3 is 1. The molecule has 7 heteroatoms. The molecule has 0 bridgehead atoms. The van der Waals surface area contributed by atoms with Gasteiger partial charge in [-0.25, -0.2) is 13.2 Å². The van der Waals surface area contributed by atoms with Gasteiger partial charge in [0.2, 0.25) is 16.1 Å². The fourth-order valence-electron chi connectivity index (χ4n) is 1.07. The van der Waals surface area contributed by atoms with Gasteiger partial charge in [0, 0.05) is 6.07 Å². The number of hydrogen-bond donors (Lipinski definition) is 1. The Morgan fingerprint density at radius 2 is 2.12 bits per heavy atom. The first kappa shape index (κ1) is 12.2. The van der Waals surface area contributed by atoms with E-state index < -0.39 is 10.0 Å². The van der Waals surface area contributed by atoms with Crippen molar-refractivity contribution in [2.45, 2.75) is 0 Å². The fraction of sp³-hybridized carbons (Fsp3) is 0.222. The summed E-state index contributed by atoms with van der Waals surface area (Å²) in [6, 6.07) is 4.44. The Morgan fingerprint density at radius 3 is 2.62 bits per heavy atom. The van der Waals surface area contributed by atoms with Crippen molar-refractivity contribution in [2.75, 3.05) is 18.1 Å². The minimum absolute atomic E-state index is 0.153. The normalized spacial score (nSPS) is 10.4. The van der Waals surface area contributed by atoms with E-state index in [0.29, 0.717) is 5.75 Å². The molecule has 0 atom stereocenters. The molecule has 0 fully saturated rings. The first-order valence-corrected chi connectivity index (χ1v) is 6.09. The SMILES string of the molecule is COc1ccc(NS(C)(=O)=O)c(N=C=O)c1. The fourth-order valence-corrected chi connectivity index (χ4v) is 1.64. The summed E-state index contributed by atoms with van der Waals surface area (Å²) in [7, 11) is -1.97. The largest absolute Gasteiger partial charge is 0.497 e. The molecule has 1 aromatic carbocycles. The zero-order valence-electron chi connectivity index (χ0n) is 8.72. The standard InChI is InChI=1S/C9H10N2O4S/c1-15-7-3-4-8(11-16(2,13)14)9(5-7)10-6-12/h3-5,11H,1-2H3. The van der Waals surface area contributed by atoms with Crippen molar-refractivity contribution in [3.8, 4) is 5.75 Å². The molecule has 0 radical (unpaired) electrons. The van der Waals surface area contributed by atoms with Crippen molar-refractivity contribution in [3.05, 3.63) is 18.2 Å². The number of nitrogens with zero attached hydrogens (tertiary/aromatic N) is 1. The Kier molecular flexibility index (Phi) is 3.65. The third-order valence-electron chi connectivity index (χ3n) is 1.67. The second-order valence-electron chi connectivity index (χ2n) is 2.96. The predicted molar refractivity (Wildman–Crippen MR) is 59.2 cm³/mol. The summed E-state index contributed by atoms with van der Waals surface area (Å²) in [5, 5.41) is 0. The van der Waals surface area contributed by atoms with Crippen molar-refractivity contribution in [1.82, 2.24) is 0 Å². The van der Waals surface area contributed by atoms with Gasteiger partial charge in [-0.15, -0.1) is 0 Å². The van der Waals surface area contributed by atoms with E-state index in [2.05, 4.69) is 9.71 Å². The Labute approximate surface area is 93.0 Å². The summed E-state index contributed by atoms with van der Waals surface area (Å²) in [6.45, 7) is 0. The molecule has 0 amide bonds. The van der Waals surface area contributed by atoms with Crippen molar-refractivity contribution in [1.29, 1.82) is 0 Å². The maximum atomic E-state index is 11.0. The third kappa shape index (κ3) is 3.38. The first-order chi connectivity index (χ1) is 7.46. The zero-order valence-corrected chi connectivity index (χ0v) is 9.54. The molecule has 16 heavy (non-hydrogen) atoms. The second kappa shape index (κ2) is 4.78. The van der Waals surface area contributed by atoms with E-state index in [-0.39, 0.29) is 11.4 Å². The highest BCUT2D eigenvalue weighted by atomic mass is 32.2. The van der Waals surface area contributed by atoms with Crippen LogP contribution in [-0.4, -0.2) is 27.9 Å². The van der Waals surface area contributed by atoms with Gasteiger partial charge in [0.15, 0.2) is 0 Å². The number of nitrogens with one attached hydrogen (secondary N) is 1. The number of rotatable bonds is 4. The van der Waals surface area contributed by atoms with Gasteiger partial charge in [-0.1, -0.05) is 0 Å². The molecule has 0 aliphatic heterocycles. The number of anilines is 1. The van der Waals surface area contributed by atoms with Crippen molar-refractivity contribution in [3.63, 3.8) is 0 Å². The van der Waals surface area contributed by atoms with Crippen LogP contribution >= 0.6 is 0 Å². The number of hydrogen-bond acceptors (Lipinski definition) is 5. The number of carbonyl (C=O) groups excluding carboxylic acids is 1. The molecular formula is C9H10N2O4S. The maximum Gasteiger partial charge on any atom is 0.240 e. The average molecular weight is 242 g/mol. The summed E-state index contributed by atoms with van der Waals surface area (Å²) in [6.07, 6.45) is 2.35. The molecule has 1 aromatic rings. The van der Waals surface area contributed by atoms with Gasteiger partial charge in [-0.3, -0.25) is 4.72 Å². The van der Waals surface area contributed by atoms with Crippen LogP contribution in [0, 0.1) is 0 Å². The summed E-state index contributed by atoms with van der Waals surface area (Å²) in [5.41, 5.74) is 0.353.